The average molecular weight is 329 g/mol. The first kappa shape index (κ1) is 17.9. The average Bonchev–Trinajstić information content (AvgIpc) is 2.58. The summed E-state index contributed by atoms with van der Waals surface area (Å²) in [5.74, 6) is 0. The van der Waals surface area contributed by atoms with E-state index < -0.39 is 10.8 Å². The van der Waals surface area contributed by atoms with Crippen LogP contribution in [-0.4, -0.2) is 4.21 Å². The number of rotatable bonds is 9. The summed E-state index contributed by atoms with van der Waals surface area (Å²) in [4.78, 5) is 1.92. The largest absolute Gasteiger partial charge is 0.249 e. The molecule has 2 aromatic rings. The van der Waals surface area contributed by atoms with Gasteiger partial charge in [-0.2, -0.15) is 0 Å². The van der Waals surface area contributed by atoms with Gasteiger partial charge >= 0.3 is 0 Å². The van der Waals surface area contributed by atoms with Crippen molar-refractivity contribution in [1.82, 2.24) is 0 Å². The quantitative estimate of drug-likeness (QED) is 0.511. The molecule has 1 atom stereocenters. The summed E-state index contributed by atoms with van der Waals surface area (Å²) in [5, 5.41) is 0. The second-order valence-electron chi connectivity index (χ2n) is 6.16. The topological polar surface area (TPSA) is 17.1 Å². The van der Waals surface area contributed by atoms with Gasteiger partial charge in [0.25, 0.3) is 0 Å². The molecule has 0 radical (unpaired) electrons. The van der Waals surface area contributed by atoms with Crippen LogP contribution in [0.15, 0.2) is 58.3 Å². The summed E-state index contributed by atoms with van der Waals surface area (Å²) >= 11 is 0. The molecule has 1 nitrogen and oxygen atoms in total. The van der Waals surface area contributed by atoms with Crippen LogP contribution in [0.1, 0.15) is 56.6 Å². The van der Waals surface area contributed by atoms with Crippen molar-refractivity contribution < 1.29 is 4.21 Å². The molecule has 2 aromatic carbocycles. The number of unbranched alkanes of at least 4 members (excludes halogenated alkanes) is 5. The van der Waals surface area contributed by atoms with Gasteiger partial charge in [0.2, 0.25) is 0 Å². The molecule has 0 spiro atoms. The Morgan fingerprint density at radius 2 is 1.39 bits per heavy atom. The lowest BCUT2D eigenvalue weighted by atomic mass is 10.1. The number of hydrogen-bond donors (Lipinski definition) is 0. The van der Waals surface area contributed by atoms with Crippen LogP contribution in [0.25, 0.3) is 0 Å². The fraction of sp³-hybridized carbons (Fsp3) is 0.429. The first-order valence-electron chi connectivity index (χ1n) is 8.79. The standard InChI is InChI=1S/C21H28OS/c1-3-4-5-6-7-8-14-19-15-10-12-17-21(19)23(22)20-16-11-9-13-18(20)2/h9-13,15-17H,3-8,14H2,1-2H3. The van der Waals surface area contributed by atoms with Crippen molar-refractivity contribution in [3.63, 3.8) is 0 Å². The zero-order chi connectivity index (χ0) is 16.5. The molecule has 124 valence electrons. The first-order valence-corrected chi connectivity index (χ1v) is 9.94. The van der Waals surface area contributed by atoms with Crippen molar-refractivity contribution in [2.24, 2.45) is 0 Å². The zero-order valence-corrected chi connectivity index (χ0v) is 15.2. The Balaban J connectivity index is 2.03. The van der Waals surface area contributed by atoms with Crippen LogP contribution >= 0.6 is 0 Å². The summed E-state index contributed by atoms with van der Waals surface area (Å²) in [6.45, 7) is 4.28. The highest BCUT2D eigenvalue weighted by Crippen LogP contribution is 2.24. The Bertz CT molecular complexity index is 633. The van der Waals surface area contributed by atoms with E-state index in [9.17, 15) is 4.21 Å². The van der Waals surface area contributed by atoms with Crippen LogP contribution in [-0.2, 0) is 17.2 Å². The zero-order valence-electron chi connectivity index (χ0n) is 14.4. The van der Waals surface area contributed by atoms with Gasteiger partial charge in [0.05, 0.1) is 10.8 Å². The number of aryl methyl sites for hydroxylation is 2. The van der Waals surface area contributed by atoms with Gasteiger partial charge in [-0.25, -0.2) is 4.21 Å². The number of hydrogen-bond acceptors (Lipinski definition) is 1. The Kier molecular flexibility index (Phi) is 7.54. The Labute approximate surface area is 143 Å². The SMILES string of the molecule is CCCCCCCCc1ccccc1S(=O)c1ccccc1C. The van der Waals surface area contributed by atoms with Crippen molar-refractivity contribution >= 4 is 10.8 Å². The van der Waals surface area contributed by atoms with E-state index in [1.54, 1.807) is 0 Å². The predicted molar refractivity (Wildman–Crippen MR) is 99.4 cm³/mol. The maximum absolute atomic E-state index is 13.0. The number of benzene rings is 2. The fourth-order valence-electron chi connectivity index (χ4n) is 2.87. The first-order chi connectivity index (χ1) is 11.2. The molecular formula is C21H28OS. The van der Waals surface area contributed by atoms with Crippen LogP contribution in [0, 0.1) is 6.92 Å². The van der Waals surface area contributed by atoms with Crippen molar-refractivity contribution in [3.8, 4) is 0 Å². The minimum absolute atomic E-state index is 0.933. The summed E-state index contributed by atoms with van der Waals surface area (Å²) in [7, 11) is -1.08. The molecule has 0 aliphatic carbocycles. The van der Waals surface area contributed by atoms with Gasteiger partial charge in [-0.05, 0) is 43.0 Å². The molecular weight excluding hydrogens is 300 g/mol. The van der Waals surface area contributed by atoms with Crippen LogP contribution in [0.4, 0.5) is 0 Å². The van der Waals surface area contributed by atoms with Crippen molar-refractivity contribution in [2.75, 3.05) is 0 Å². The van der Waals surface area contributed by atoms with Gasteiger partial charge < -0.3 is 0 Å². The van der Waals surface area contributed by atoms with Crippen molar-refractivity contribution in [3.05, 3.63) is 59.7 Å². The molecule has 0 aliphatic rings. The highest BCUT2D eigenvalue weighted by atomic mass is 32.2. The molecule has 0 saturated carbocycles. The second kappa shape index (κ2) is 9.67. The Hall–Kier alpha value is -1.41. The maximum Gasteiger partial charge on any atom is 0.0855 e. The molecule has 2 heteroatoms. The smallest absolute Gasteiger partial charge is 0.0855 e. The molecule has 0 bridgehead atoms. The van der Waals surface area contributed by atoms with Gasteiger partial charge in [0.1, 0.15) is 0 Å². The molecule has 0 N–H and O–H groups in total. The van der Waals surface area contributed by atoms with Gasteiger partial charge in [0.15, 0.2) is 0 Å². The van der Waals surface area contributed by atoms with E-state index in [1.807, 2.05) is 43.3 Å². The predicted octanol–water partition coefficient (Wildman–Crippen LogP) is 6.06. The molecule has 23 heavy (non-hydrogen) atoms. The third-order valence-corrected chi connectivity index (χ3v) is 5.92. The van der Waals surface area contributed by atoms with E-state index in [0.717, 1.165) is 21.8 Å². The maximum atomic E-state index is 13.0. The minimum Gasteiger partial charge on any atom is -0.249 e. The molecule has 0 aromatic heterocycles. The molecule has 2 rings (SSSR count). The van der Waals surface area contributed by atoms with E-state index in [4.69, 9.17) is 0 Å². The lowest BCUT2D eigenvalue weighted by Gasteiger charge is -2.11. The van der Waals surface area contributed by atoms with Gasteiger partial charge in [-0.15, -0.1) is 0 Å². The molecule has 0 amide bonds. The van der Waals surface area contributed by atoms with Gasteiger partial charge in [-0.1, -0.05) is 75.4 Å². The minimum atomic E-state index is -1.08. The Morgan fingerprint density at radius 1 is 0.783 bits per heavy atom. The third-order valence-electron chi connectivity index (χ3n) is 4.27. The van der Waals surface area contributed by atoms with E-state index in [0.29, 0.717) is 0 Å². The second-order valence-corrected chi connectivity index (χ2v) is 7.58. The van der Waals surface area contributed by atoms with Gasteiger partial charge in [-0.3, -0.25) is 0 Å². The van der Waals surface area contributed by atoms with Crippen LogP contribution in [0.2, 0.25) is 0 Å². The summed E-state index contributed by atoms with van der Waals surface area (Å²) in [6, 6.07) is 16.2. The van der Waals surface area contributed by atoms with Crippen molar-refractivity contribution in [2.45, 2.75) is 68.6 Å². The van der Waals surface area contributed by atoms with E-state index >= 15 is 0 Å². The molecule has 0 aliphatic heterocycles. The highest BCUT2D eigenvalue weighted by Gasteiger charge is 2.13. The normalized spacial score (nSPS) is 12.3. The lowest BCUT2D eigenvalue weighted by Crippen LogP contribution is -2.00. The van der Waals surface area contributed by atoms with Crippen molar-refractivity contribution in [1.29, 1.82) is 0 Å². The summed E-state index contributed by atoms with van der Waals surface area (Å²) in [5.41, 5.74) is 2.34. The van der Waals surface area contributed by atoms with Crippen LogP contribution in [0.3, 0.4) is 0 Å². The van der Waals surface area contributed by atoms with E-state index in [2.05, 4.69) is 19.1 Å². The van der Waals surface area contributed by atoms with Gasteiger partial charge in [0, 0.05) is 9.79 Å². The van der Waals surface area contributed by atoms with Crippen LogP contribution in [0.5, 0.6) is 0 Å². The molecule has 1 unspecified atom stereocenters. The Morgan fingerprint density at radius 3 is 2.13 bits per heavy atom. The fourth-order valence-corrected chi connectivity index (χ4v) is 4.28. The van der Waals surface area contributed by atoms with E-state index in [-0.39, 0.29) is 0 Å². The van der Waals surface area contributed by atoms with Crippen LogP contribution < -0.4 is 0 Å². The monoisotopic (exact) mass is 328 g/mol. The molecule has 0 fully saturated rings. The highest BCUT2D eigenvalue weighted by molar-refractivity contribution is 7.85. The third kappa shape index (κ3) is 5.31. The summed E-state index contributed by atoms with van der Waals surface area (Å²) in [6.07, 6.45) is 8.77. The molecule has 0 heterocycles. The summed E-state index contributed by atoms with van der Waals surface area (Å²) < 4.78 is 13.0. The molecule has 0 saturated heterocycles. The lowest BCUT2D eigenvalue weighted by molar-refractivity contribution is 0.605. The van der Waals surface area contributed by atoms with E-state index in [1.165, 1.54) is 44.1 Å².